The van der Waals surface area contributed by atoms with E-state index in [1.54, 1.807) is 16.8 Å². The first-order valence-corrected chi connectivity index (χ1v) is 13.2. The molecule has 1 aliphatic heterocycles. The van der Waals surface area contributed by atoms with Crippen LogP contribution in [0.2, 0.25) is 0 Å². The molecule has 1 saturated heterocycles. The molecule has 2 aromatic heterocycles. The lowest BCUT2D eigenvalue weighted by Gasteiger charge is -2.30. The Morgan fingerprint density at radius 2 is 1.95 bits per heavy atom. The molecule has 3 heterocycles. The molecule has 2 amide bonds. The molecule has 1 fully saturated rings. The Morgan fingerprint density at radius 1 is 1.13 bits per heavy atom. The van der Waals surface area contributed by atoms with E-state index >= 15 is 0 Å². The molecular formula is C29H33N5O4. The van der Waals surface area contributed by atoms with Crippen molar-refractivity contribution in [3.63, 3.8) is 0 Å². The van der Waals surface area contributed by atoms with Crippen LogP contribution in [0, 0.1) is 0 Å². The molecule has 0 unspecified atom stereocenters. The highest BCUT2D eigenvalue weighted by atomic mass is 16.5. The minimum absolute atomic E-state index is 0.0309. The Kier molecular flexibility index (Phi) is 7.83. The van der Waals surface area contributed by atoms with Gasteiger partial charge in [-0.2, -0.15) is 0 Å². The van der Waals surface area contributed by atoms with E-state index in [1.807, 2.05) is 48.5 Å². The van der Waals surface area contributed by atoms with E-state index in [2.05, 4.69) is 29.5 Å². The van der Waals surface area contributed by atoms with Crippen LogP contribution in [0.4, 0.5) is 5.69 Å². The van der Waals surface area contributed by atoms with Crippen LogP contribution in [-0.2, 0) is 20.9 Å². The van der Waals surface area contributed by atoms with E-state index < -0.39 is 6.04 Å². The second-order valence-corrected chi connectivity index (χ2v) is 9.70. The molecule has 0 radical (unpaired) electrons. The monoisotopic (exact) mass is 515 g/mol. The van der Waals surface area contributed by atoms with Crippen LogP contribution in [0.3, 0.4) is 0 Å². The van der Waals surface area contributed by atoms with Crippen LogP contribution < -0.4 is 10.2 Å². The fraction of sp³-hybridized carbons (Fsp3) is 0.379. The minimum atomic E-state index is -1.01. The zero-order valence-corrected chi connectivity index (χ0v) is 21.7. The molecule has 2 aromatic carbocycles. The Bertz CT molecular complexity index is 1360. The van der Waals surface area contributed by atoms with Crippen molar-refractivity contribution in [1.82, 2.24) is 20.3 Å². The number of rotatable bonds is 10. The average Bonchev–Trinajstić information content (AvgIpc) is 3.73. The lowest BCUT2D eigenvalue weighted by Crippen LogP contribution is -2.46. The molecular weight excluding hydrogens is 482 g/mol. The molecule has 0 spiro atoms. The van der Waals surface area contributed by atoms with Gasteiger partial charge in [0.25, 0.3) is 5.91 Å². The summed E-state index contributed by atoms with van der Waals surface area (Å²) in [4.78, 5) is 29.2. The van der Waals surface area contributed by atoms with Crippen molar-refractivity contribution in [3.8, 4) is 0 Å². The van der Waals surface area contributed by atoms with Crippen LogP contribution in [-0.4, -0.2) is 46.1 Å². The Balaban J connectivity index is 1.50. The summed E-state index contributed by atoms with van der Waals surface area (Å²) in [5, 5.41) is 11.4. The number of nitrogens with zero attached hydrogens (tertiary/aromatic N) is 4. The minimum Gasteiger partial charge on any atom is -0.467 e. The normalized spacial score (nSPS) is 16.8. The second-order valence-electron chi connectivity index (χ2n) is 9.70. The molecule has 4 aromatic rings. The number of carbonyl (C=O) groups excluding carboxylic acids is 2. The first-order valence-electron chi connectivity index (χ1n) is 13.2. The van der Waals surface area contributed by atoms with E-state index in [9.17, 15) is 9.59 Å². The largest absolute Gasteiger partial charge is 0.467 e. The predicted molar refractivity (Wildman–Crippen MR) is 144 cm³/mol. The maximum atomic E-state index is 14.0. The summed E-state index contributed by atoms with van der Waals surface area (Å²) in [6, 6.07) is 17.7. The van der Waals surface area contributed by atoms with Gasteiger partial charge in [-0.15, -0.1) is 5.10 Å². The highest BCUT2D eigenvalue weighted by Crippen LogP contribution is 2.31. The van der Waals surface area contributed by atoms with Gasteiger partial charge in [-0.3, -0.25) is 14.5 Å². The van der Waals surface area contributed by atoms with Crippen molar-refractivity contribution in [1.29, 1.82) is 0 Å². The van der Waals surface area contributed by atoms with E-state index in [0.29, 0.717) is 36.0 Å². The van der Waals surface area contributed by atoms with Gasteiger partial charge in [0.2, 0.25) is 5.91 Å². The Hall–Kier alpha value is -3.98. The third kappa shape index (κ3) is 5.47. The van der Waals surface area contributed by atoms with Gasteiger partial charge >= 0.3 is 0 Å². The first-order chi connectivity index (χ1) is 18.5. The number of carbonyl (C=O) groups is 2. The smallest absolute Gasteiger partial charge is 0.251 e. The molecule has 0 aliphatic carbocycles. The molecule has 1 N–H and O–H groups in total. The summed E-state index contributed by atoms with van der Waals surface area (Å²) in [7, 11) is 0. The average molecular weight is 516 g/mol. The highest BCUT2D eigenvalue weighted by molar-refractivity contribution is 6.01. The fourth-order valence-corrected chi connectivity index (χ4v) is 4.81. The number of anilines is 1. The molecule has 9 nitrogen and oxygen atoms in total. The van der Waals surface area contributed by atoms with Crippen LogP contribution in [0.15, 0.2) is 71.3 Å². The van der Waals surface area contributed by atoms with Crippen molar-refractivity contribution in [3.05, 3.63) is 78.3 Å². The van der Waals surface area contributed by atoms with Crippen molar-refractivity contribution in [2.75, 3.05) is 18.1 Å². The van der Waals surface area contributed by atoms with Crippen LogP contribution in [0.25, 0.3) is 11.0 Å². The molecule has 38 heavy (non-hydrogen) atoms. The van der Waals surface area contributed by atoms with Crippen molar-refractivity contribution >= 4 is 28.5 Å². The van der Waals surface area contributed by atoms with Gasteiger partial charge in [-0.1, -0.05) is 43.3 Å². The van der Waals surface area contributed by atoms with Gasteiger partial charge in [0.1, 0.15) is 17.8 Å². The zero-order chi connectivity index (χ0) is 26.5. The van der Waals surface area contributed by atoms with Crippen molar-refractivity contribution in [2.45, 2.75) is 57.7 Å². The van der Waals surface area contributed by atoms with Gasteiger partial charge in [-0.05, 0) is 67.1 Å². The predicted octanol–water partition coefficient (Wildman–Crippen LogP) is 4.61. The van der Waals surface area contributed by atoms with E-state index in [4.69, 9.17) is 9.15 Å². The molecule has 0 bridgehead atoms. The third-order valence-corrected chi connectivity index (χ3v) is 7.17. The third-order valence-electron chi connectivity index (χ3n) is 7.17. The van der Waals surface area contributed by atoms with Crippen molar-refractivity contribution in [2.24, 2.45) is 0 Å². The van der Waals surface area contributed by atoms with Gasteiger partial charge in [0.15, 0.2) is 6.04 Å². The van der Waals surface area contributed by atoms with E-state index in [-0.39, 0.29) is 24.5 Å². The number of aromatic nitrogens is 3. The van der Waals surface area contributed by atoms with Gasteiger partial charge in [0, 0.05) is 18.8 Å². The Labute approximate surface area is 221 Å². The first kappa shape index (κ1) is 25.7. The molecule has 0 saturated carbocycles. The summed E-state index contributed by atoms with van der Waals surface area (Å²) in [6.07, 6.45) is 4.35. The quantitative estimate of drug-likeness (QED) is 0.331. The SMILES string of the molecule is CC[C@H](C)c1ccc(N(C(=O)Cn2nnc3ccccc32)[C@@H](C(=O)NC[C@H]2CCCO2)c2ccco2)cc1. The number of ether oxygens (including phenoxy) is 1. The molecule has 9 heteroatoms. The van der Waals surface area contributed by atoms with Crippen LogP contribution in [0.5, 0.6) is 0 Å². The topological polar surface area (TPSA) is 102 Å². The summed E-state index contributed by atoms with van der Waals surface area (Å²) in [5.74, 6) is 0.104. The highest BCUT2D eigenvalue weighted by Gasteiger charge is 2.35. The summed E-state index contributed by atoms with van der Waals surface area (Å²) in [5.41, 5.74) is 3.20. The molecule has 198 valence electrons. The van der Waals surface area contributed by atoms with Crippen LogP contribution in [0.1, 0.15) is 56.4 Å². The molecule has 3 atom stereocenters. The maximum absolute atomic E-state index is 14.0. The van der Waals surface area contributed by atoms with Gasteiger partial charge in [0.05, 0.1) is 17.9 Å². The summed E-state index contributed by atoms with van der Waals surface area (Å²) < 4.78 is 12.9. The fourth-order valence-electron chi connectivity index (χ4n) is 4.81. The summed E-state index contributed by atoms with van der Waals surface area (Å²) in [6.45, 7) is 5.28. The molecule has 5 rings (SSSR count). The number of amides is 2. The van der Waals surface area contributed by atoms with Gasteiger partial charge in [-0.25, -0.2) is 4.68 Å². The van der Waals surface area contributed by atoms with E-state index in [1.165, 1.54) is 16.7 Å². The zero-order valence-electron chi connectivity index (χ0n) is 21.7. The number of nitrogens with one attached hydrogen (secondary N) is 1. The maximum Gasteiger partial charge on any atom is 0.251 e. The standard InChI is InChI=1S/C29H33N5O4/c1-3-20(2)21-12-14-22(15-13-21)34(27(35)19-33-25-10-5-4-9-24(25)31-32-33)28(26-11-7-17-38-26)29(36)30-18-23-8-6-16-37-23/h4-5,7,9-15,17,20,23,28H,3,6,8,16,18-19H2,1-2H3,(H,30,36)/t20-,23+,28+/m0/s1. The lowest BCUT2D eigenvalue weighted by atomic mass is 9.98. The van der Waals surface area contributed by atoms with Crippen LogP contribution >= 0.6 is 0 Å². The second kappa shape index (κ2) is 11.6. The number of fused-ring (bicyclic) bond motifs is 1. The number of hydrogen-bond acceptors (Lipinski definition) is 6. The number of benzene rings is 2. The molecule has 1 aliphatic rings. The summed E-state index contributed by atoms with van der Waals surface area (Å²) >= 11 is 0. The number of furan rings is 1. The number of hydrogen-bond donors (Lipinski definition) is 1. The van der Waals surface area contributed by atoms with Crippen molar-refractivity contribution < 1.29 is 18.7 Å². The Morgan fingerprint density at radius 3 is 2.66 bits per heavy atom. The lowest BCUT2D eigenvalue weighted by molar-refractivity contribution is -0.127. The van der Waals surface area contributed by atoms with E-state index in [0.717, 1.165) is 24.8 Å². The van der Waals surface area contributed by atoms with Gasteiger partial charge < -0.3 is 14.5 Å². The number of para-hydroxylation sites is 1.